The molecule has 1 aliphatic carbocycles. The Morgan fingerprint density at radius 3 is 2.89 bits per heavy atom. The second-order valence-electron chi connectivity index (χ2n) is 6.18. The Kier molecular flexibility index (Phi) is 3.58. The predicted octanol–water partition coefficient (Wildman–Crippen LogP) is 2.18. The monoisotopic (exact) mass is 264 g/mol. The molecule has 19 heavy (non-hydrogen) atoms. The van der Waals surface area contributed by atoms with Gasteiger partial charge in [-0.15, -0.1) is 5.10 Å². The van der Waals surface area contributed by atoms with Crippen LogP contribution in [0.2, 0.25) is 0 Å². The van der Waals surface area contributed by atoms with Crippen molar-refractivity contribution < 1.29 is 4.74 Å². The van der Waals surface area contributed by atoms with E-state index in [-0.39, 0.29) is 11.6 Å². The smallest absolute Gasteiger partial charge is 0.0991 e. The Morgan fingerprint density at radius 2 is 2.21 bits per heavy atom. The van der Waals surface area contributed by atoms with Crippen molar-refractivity contribution in [2.75, 3.05) is 0 Å². The van der Waals surface area contributed by atoms with Gasteiger partial charge in [0.25, 0.3) is 0 Å². The highest BCUT2D eigenvalue weighted by Gasteiger charge is 2.40. The first kappa shape index (κ1) is 13.1. The molecule has 2 N–H and O–H groups in total. The van der Waals surface area contributed by atoms with Crippen molar-refractivity contribution >= 4 is 0 Å². The SMILES string of the molecule is CC(N)c1cn(CC2CCC3(CCCCC3)O2)nn1. The Balaban J connectivity index is 1.58. The Morgan fingerprint density at radius 1 is 1.42 bits per heavy atom. The lowest BCUT2D eigenvalue weighted by Gasteiger charge is -2.33. The number of ether oxygens (including phenoxy) is 1. The molecule has 2 unspecified atom stereocenters. The summed E-state index contributed by atoms with van der Waals surface area (Å²) in [5.74, 6) is 0. The summed E-state index contributed by atoms with van der Waals surface area (Å²) in [5, 5.41) is 8.24. The standard InChI is InChI=1S/C14H24N4O/c1-11(15)13-10-18(17-16-13)9-12-5-8-14(19-12)6-3-2-4-7-14/h10-12H,2-9,15H2,1H3. The van der Waals surface area contributed by atoms with Crippen LogP contribution in [0.25, 0.3) is 0 Å². The molecule has 1 aromatic heterocycles. The van der Waals surface area contributed by atoms with Gasteiger partial charge in [-0.25, -0.2) is 4.68 Å². The first-order valence-corrected chi connectivity index (χ1v) is 7.50. The van der Waals surface area contributed by atoms with Gasteiger partial charge in [0.15, 0.2) is 0 Å². The van der Waals surface area contributed by atoms with Gasteiger partial charge in [-0.05, 0) is 32.6 Å². The molecule has 0 amide bonds. The van der Waals surface area contributed by atoms with Crippen LogP contribution in [0.15, 0.2) is 6.20 Å². The fourth-order valence-corrected chi connectivity index (χ4v) is 3.41. The van der Waals surface area contributed by atoms with E-state index in [1.807, 2.05) is 17.8 Å². The minimum Gasteiger partial charge on any atom is -0.370 e. The van der Waals surface area contributed by atoms with Crippen LogP contribution in [-0.4, -0.2) is 26.7 Å². The van der Waals surface area contributed by atoms with Gasteiger partial charge >= 0.3 is 0 Å². The molecular formula is C14H24N4O. The zero-order valence-electron chi connectivity index (χ0n) is 11.7. The zero-order valence-corrected chi connectivity index (χ0v) is 11.7. The average molecular weight is 264 g/mol. The van der Waals surface area contributed by atoms with Crippen LogP contribution in [-0.2, 0) is 11.3 Å². The van der Waals surface area contributed by atoms with Crippen molar-refractivity contribution in [3.8, 4) is 0 Å². The minimum atomic E-state index is -0.0528. The van der Waals surface area contributed by atoms with Gasteiger partial charge in [0, 0.05) is 6.04 Å². The molecule has 2 atom stereocenters. The fourth-order valence-electron chi connectivity index (χ4n) is 3.41. The van der Waals surface area contributed by atoms with Crippen LogP contribution < -0.4 is 5.73 Å². The third-order valence-electron chi connectivity index (χ3n) is 4.52. The Hall–Kier alpha value is -0.940. The number of nitrogens with zero attached hydrogens (tertiary/aromatic N) is 3. The van der Waals surface area contributed by atoms with Crippen LogP contribution >= 0.6 is 0 Å². The highest BCUT2D eigenvalue weighted by molar-refractivity contribution is 4.98. The first-order chi connectivity index (χ1) is 9.17. The summed E-state index contributed by atoms with van der Waals surface area (Å²) in [6.45, 7) is 2.74. The molecule has 1 saturated carbocycles. The summed E-state index contributed by atoms with van der Waals surface area (Å²) < 4.78 is 8.22. The Bertz CT molecular complexity index is 423. The zero-order chi connectivity index (χ0) is 13.3. The number of rotatable bonds is 3. The number of hydrogen-bond donors (Lipinski definition) is 1. The van der Waals surface area contributed by atoms with E-state index in [9.17, 15) is 0 Å². The topological polar surface area (TPSA) is 66.0 Å². The van der Waals surface area contributed by atoms with E-state index in [0.717, 1.165) is 18.7 Å². The van der Waals surface area contributed by atoms with Gasteiger partial charge in [0.05, 0.1) is 30.1 Å². The second kappa shape index (κ2) is 5.21. The molecule has 106 valence electrons. The molecular weight excluding hydrogens is 240 g/mol. The van der Waals surface area contributed by atoms with Gasteiger partial charge in [-0.1, -0.05) is 24.5 Å². The van der Waals surface area contributed by atoms with Crippen LogP contribution in [0.1, 0.15) is 63.6 Å². The largest absolute Gasteiger partial charge is 0.370 e. The number of hydrogen-bond acceptors (Lipinski definition) is 4. The van der Waals surface area contributed by atoms with Crippen LogP contribution in [0.3, 0.4) is 0 Å². The summed E-state index contributed by atoms with van der Waals surface area (Å²) >= 11 is 0. The lowest BCUT2D eigenvalue weighted by Crippen LogP contribution is -2.32. The van der Waals surface area contributed by atoms with Gasteiger partial charge in [-0.3, -0.25) is 0 Å². The normalized spacial score (nSPS) is 27.8. The van der Waals surface area contributed by atoms with E-state index in [1.165, 1.54) is 38.5 Å². The molecule has 1 saturated heterocycles. The van der Waals surface area contributed by atoms with E-state index in [1.54, 1.807) is 0 Å². The molecule has 2 heterocycles. The van der Waals surface area contributed by atoms with E-state index >= 15 is 0 Å². The van der Waals surface area contributed by atoms with Crippen molar-refractivity contribution in [1.82, 2.24) is 15.0 Å². The molecule has 3 rings (SSSR count). The highest BCUT2D eigenvalue weighted by Crippen LogP contribution is 2.42. The summed E-state index contributed by atoms with van der Waals surface area (Å²) in [4.78, 5) is 0. The van der Waals surface area contributed by atoms with Crippen LogP contribution in [0, 0.1) is 0 Å². The molecule has 2 fully saturated rings. The third-order valence-corrected chi connectivity index (χ3v) is 4.52. The molecule has 1 aromatic rings. The van der Waals surface area contributed by atoms with Crippen LogP contribution in [0.4, 0.5) is 0 Å². The van der Waals surface area contributed by atoms with Crippen molar-refractivity contribution in [1.29, 1.82) is 0 Å². The molecule has 5 heteroatoms. The van der Waals surface area contributed by atoms with E-state index in [4.69, 9.17) is 10.5 Å². The molecule has 0 radical (unpaired) electrons. The highest BCUT2D eigenvalue weighted by atomic mass is 16.5. The summed E-state index contributed by atoms with van der Waals surface area (Å²) in [5.41, 5.74) is 6.84. The fraction of sp³-hybridized carbons (Fsp3) is 0.857. The van der Waals surface area contributed by atoms with E-state index < -0.39 is 0 Å². The maximum absolute atomic E-state index is 6.34. The van der Waals surface area contributed by atoms with Crippen molar-refractivity contribution in [2.45, 2.75) is 76.2 Å². The lowest BCUT2D eigenvalue weighted by atomic mass is 9.83. The molecule has 0 bridgehead atoms. The van der Waals surface area contributed by atoms with E-state index in [0.29, 0.717) is 6.10 Å². The minimum absolute atomic E-state index is 0.0528. The quantitative estimate of drug-likeness (QED) is 0.908. The summed E-state index contributed by atoms with van der Waals surface area (Å²) in [7, 11) is 0. The third kappa shape index (κ3) is 2.82. The van der Waals surface area contributed by atoms with Crippen LogP contribution in [0.5, 0.6) is 0 Å². The maximum Gasteiger partial charge on any atom is 0.0991 e. The molecule has 2 aliphatic rings. The van der Waals surface area contributed by atoms with Gasteiger partial charge in [0.2, 0.25) is 0 Å². The van der Waals surface area contributed by atoms with Gasteiger partial charge < -0.3 is 10.5 Å². The molecule has 5 nitrogen and oxygen atoms in total. The number of aromatic nitrogens is 3. The second-order valence-corrected chi connectivity index (χ2v) is 6.18. The van der Waals surface area contributed by atoms with Crippen molar-refractivity contribution in [3.63, 3.8) is 0 Å². The lowest BCUT2D eigenvalue weighted by molar-refractivity contribution is -0.0689. The Labute approximate surface area is 114 Å². The first-order valence-electron chi connectivity index (χ1n) is 7.50. The van der Waals surface area contributed by atoms with E-state index in [2.05, 4.69) is 10.3 Å². The van der Waals surface area contributed by atoms with Crippen molar-refractivity contribution in [3.05, 3.63) is 11.9 Å². The predicted molar refractivity (Wildman–Crippen MR) is 72.5 cm³/mol. The average Bonchev–Trinajstić information content (AvgIpc) is 2.99. The summed E-state index contributed by atoms with van der Waals surface area (Å²) in [6, 6.07) is -0.0528. The molecule has 1 aliphatic heterocycles. The number of nitrogens with two attached hydrogens (primary N) is 1. The molecule has 0 aromatic carbocycles. The maximum atomic E-state index is 6.34. The van der Waals surface area contributed by atoms with Gasteiger partial charge in [-0.2, -0.15) is 0 Å². The molecule has 1 spiro atoms. The summed E-state index contributed by atoms with van der Waals surface area (Å²) in [6.07, 6.45) is 11.1. The van der Waals surface area contributed by atoms with Gasteiger partial charge in [0.1, 0.15) is 0 Å². The van der Waals surface area contributed by atoms with Crippen molar-refractivity contribution in [2.24, 2.45) is 5.73 Å².